The van der Waals surface area contributed by atoms with Gasteiger partial charge in [0.2, 0.25) is 0 Å². The van der Waals surface area contributed by atoms with Gasteiger partial charge in [0.25, 0.3) is 0 Å². The normalized spacial score (nSPS) is 14.8. The van der Waals surface area contributed by atoms with Crippen molar-refractivity contribution in [2.24, 2.45) is 0 Å². The molecule has 0 aliphatic heterocycles. The summed E-state index contributed by atoms with van der Waals surface area (Å²) in [6.45, 7) is 0. The Labute approximate surface area is 265 Å². The van der Waals surface area contributed by atoms with Crippen molar-refractivity contribution in [3.05, 3.63) is 198 Å². The Kier molecular flexibility index (Phi) is 4.47. The van der Waals surface area contributed by atoms with E-state index in [0.29, 0.717) is 5.56 Å². The predicted molar refractivity (Wildman–Crippen MR) is 183 cm³/mol. The molecule has 0 atom stereocenters. The maximum atomic E-state index is 8.51. The van der Waals surface area contributed by atoms with Crippen LogP contribution in [0.4, 0.5) is 17.1 Å². The van der Waals surface area contributed by atoms with Crippen molar-refractivity contribution in [3.63, 3.8) is 0 Å². The van der Waals surface area contributed by atoms with Crippen LogP contribution in [0.1, 0.15) is 29.1 Å². The van der Waals surface area contributed by atoms with E-state index in [9.17, 15) is 0 Å². The molecule has 0 unspecified atom stereocenters. The number of rotatable bonds is 4. The zero-order chi connectivity index (χ0) is 33.4. The van der Waals surface area contributed by atoms with E-state index in [4.69, 9.17) is 6.85 Å². The average Bonchev–Trinajstić information content (AvgIpc) is 3.62. The van der Waals surface area contributed by atoms with E-state index >= 15 is 0 Å². The molecule has 0 heterocycles. The molecular weight excluding hydrogens is 530 g/mol. The summed E-state index contributed by atoms with van der Waals surface area (Å²) in [6.07, 6.45) is 0. The quantitative estimate of drug-likeness (QED) is 0.205. The minimum Gasteiger partial charge on any atom is -0.310 e. The van der Waals surface area contributed by atoms with Crippen molar-refractivity contribution in [2.45, 2.75) is 5.41 Å². The average molecular weight is 565 g/mol. The molecule has 0 amide bonds. The largest absolute Gasteiger partial charge is 0.310 e. The summed E-state index contributed by atoms with van der Waals surface area (Å²) in [4.78, 5) is 2.22. The summed E-state index contributed by atoms with van der Waals surface area (Å²) in [5, 5.41) is 0. The molecule has 2 aliphatic rings. The standard InChI is InChI=1S/C43H29N/c1-3-13-30(14-4-1)31-23-25-33(26-24-31)44(32-15-5-2-6-16-32)34-27-28-38-37-19-9-12-22-41(37)43(42(38)29-34)39-20-10-7-17-35(39)36-18-8-11-21-40(36)43/h1-29H/i1D,3D,4D,13D,14D. The summed E-state index contributed by atoms with van der Waals surface area (Å²) in [7, 11) is 0. The number of fused-ring (bicyclic) bond motifs is 10. The van der Waals surface area contributed by atoms with E-state index in [1.54, 1.807) is 0 Å². The number of para-hydroxylation sites is 1. The minimum atomic E-state index is -0.470. The van der Waals surface area contributed by atoms with Crippen LogP contribution in [0.5, 0.6) is 0 Å². The number of nitrogens with zero attached hydrogens (tertiary/aromatic N) is 1. The zero-order valence-corrected chi connectivity index (χ0v) is 23.8. The molecule has 7 aromatic carbocycles. The van der Waals surface area contributed by atoms with Crippen molar-refractivity contribution in [1.29, 1.82) is 0 Å². The van der Waals surface area contributed by atoms with E-state index in [1.807, 2.05) is 42.5 Å². The van der Waals surface area contributed by atoms with Gasteiger partial charge in [0.15, 0.2) is 0 Å². The van der Waals surface area contributed by atoms with Crippen molar-refractivity contribution in [3.8, 4) is 33.4 Å². The molecule has 2 aliphatic carbocycles. The lowest BCUT2D eigenvalue weighted by Gasteiger charge is -2.32. The van der Waals surface area contributed by atoms with Crippen LogP contribution in [0.3, 0.4) is 0 Å². The van der Waals surface area contributed by atoms with Gasteiger partial charge in [-0.2, -0.15) is 0 Å². The van der Waals surface area contributed by atoms with Crippen LogP contribution in [-0.4, -0.2) is 0 Å². The Bertz CT molecular complexity index is 2360. The molecule has 0 saturated carbocycles. The fourth-order valence-electron chi connectivity index (χ4n) is 7.42. The Morgan fingerprint density at radius 3 is 1.45 bits per heavy atom. The molecule has 44 heavy (non-hydrogen) atoms. The lowest BCUT2D eigenvalue weighted by atomic mass is 9.70. The first kappa shape index (κ1) is 20.3. The van der Waals surface area contributed by atoms with E-state index in [-0.39, 0.29) is 29.7 Å². The molecule has 0 N–H and O–H groups in total. The lowest BCUT2D eigenvalue weighted by molar-refractivity contribution is 0.793. The monoisotopic (exact) mass is 564 g/mol. The summed E-state index contributed by atoms with van der Waals surface area (Å²) < 4.78 is 41.4. The molecule has 1 spiro atoms. The van der Waals surface area contributed by atoms with Gasteiger partial charge in [-0.15, -0.1) is 0 Å². The van der Waals surface area contributed by atoms with Crippen molar-refractivity contribution in [1.82, 2.24) is 0 Å². The molecule has 0 saturated heterocycles. The van der Waals surface area contributed by atoms with Crippen LogP contribution >= 0.6 is 0 Å². The topological polar surface area (TPSA) is 3.24 Å². The van der Waals surface area contributed by atoms with E-state index in [2.05, 4.69) is 108 Å². The molecule has 0 radical (unpaired) electrons. The first-order valence-corrected chi connectivity index (χ1v) is 14.9. The maximum absolute atomic E-state index is 8.51. The SMILES string of the molecule is [2H]c1c([2H])c([2H])c(-c2ccc(N(c3ccccc3)c3ccc4c(c3)C3(c5ccccc5-c5ccccc53)c3ccccc3-4)cc2)c([2H])c1[2H]. The number of anilines is 3. The number of hydrogen-bond acceptors (Lipinski definition) is 1. The van der Waals surface area contributed by atoms with Crippen LogP contribution in [-0.2, 0) is 5.41 Å². The molecular formula is C43H29N. The smallest absolute Gasteiger partial charge is 0.0726 e. The highest BCUT2D eigenvalue weighted by Gasteiger charge is 2.51. The Morgan fingerprint density at radius 1 is 0.386 bits per heavy atom. The third kappa shape index (κ3) is 3.47. The van der Waals surface area contributed by atoms with Crippen molar-refractivity contribution < 1.29 is 6.85 Å². The van der Waals surface area contributed by atoms with Gasteiger partial charge < -0.3 is 4.90 Å². The fraction of sp³-hybridized carbons (Fsp3) is 0.0233. The summed E-state index contributed by atoms with van der Waals surface area (Å²) >= 11 is 0. The van der Waals surface area contributed by atoms with Crippen LogP contribution in [0.25, 0.3) is 33.4 Å². The molecule has 9 rings (SSSR count). The highest BCUT2D eigenvalue weighted by molar-refractivity contribution is 5.96. The molecule has 206 valence electrons. The van der Waals surface area contributed by atoms with Crippen molar-refractivity contribution >= 4 is 17.1 Å². The second kappa shape index (κ2) is 9.69. The van der Waals surface area contributed by atoms with Gasteiger partial charge >= 0.3 is 0 Å². The summed E-state index contributed by atoms with van der Waals surface area (Å²) in [6, 6.07) is 49.4. The van der Waals surface area contributed by atoms with Crippen LogP contribution in [0.15, 0.2) is 176 Å². The number of benzene rings is 7. The first-order chi connectivity index (χ1) is 23.9. The summed E-state index contributed by atoms with van der Waals surface area (Å²) in [5.41, 5.74) is 13.2. The Morgan fingerprint density at radius 2 is 0.864 bits per heavy atom. The van der Waals surface area contributed by atoms with E-state index in [1.165, 1.54) is 44.5 Å². The van der Waals surface area contributed by atoms with Crippen LogP contribution in [0.2, 0.25) is 0 Å². The van der Waals surface area contributed by atoms with Gasteiger partial charge in [-0.3, -0.25) is 0 Å². The Balaban J connectivity index is 1.25. The zero-order valence-electron chi connectivity index (χ0n) is 28.8. The minimum absolute atomic E-state index is 0.194. The van der Waals surface area contributed by atoms with E-state index < -0.39 is 11.5 Å². The molecule has 0 aromatic heterocycles. The molecule has 0 fully saturated rings. The van der Waals surface area contributed by atoms with Gasteiger partial charge in [-0.1, -0.05) is 139 Å². The lowest BCUT2D eigenvalue weighted by Crippen LogP contribution is -2.26. The second-order valence-electron chi connectivity index (χ2n) is 11.3. The van der Waals surface area contributed by atoms with Crippen LogP contribution in [0, 0.1) is 0 Å². The van der Waals surface area contributed by atoms with Gasteiger partial charge in [-0.05, 0) is 92.0 Å². The Hall–Kier alpha value is -5.66. The van der Waals surface area contributed by atoms with Gasteiger partial charge in [0, 0.05) is 17.1 Å². The van der Waals surface area contributed by atoms with Crippen molar-refractivity contribution in [2.75, 3.05) is 4.90 Å². The molecule has 7 aromatic rings. The van der Waals surface area contributed by atoms with Crippen LogP contribution < -0.4 is 4.90 Å². The first-order valence-electron chi connectivity index (χ1n) is 17.4. The third-order valence-corrected chi connectivity index (χ3v) is 9.17. The van der Waals surface area contributed by atoms with Gasteiger partial charge in [0.05, 0.1) is 12.3 Å². The van der Waals surface area contributed by atoms with Gasteiger partial charge in [0.1, 0.15) is 0 Å². The fourth-order valence-corrected chi connectivity index (χ4v) is 7.42. The highest BCUT2D eigenvalue weighted by Crippen LogP contribution is 2.63. The third-order valence-electron chi connectivity index (χ3n) is 9.17. The van der Waals surface area contributed by atoms with E-state index in [0.717, 1.165) is 17.1 Å². The highest BCUT2D eigenvalue weighted by atomic mass is 15.1. The second-order valence-corrected chi connectivity index (χ2v) is 11.3. The molecule has 1 heteroatoms. The summed E-state index contributed by atoms with van der Waals surface area (Å²) in [5.74, 6) is 0. The maximum Gasteiger partial charge on any atom is 0.0726 e. The number of hydrogen-bond donors (Lipinski definition) is 0. The predicted octanol–water partition coefficient (Wildman–Crippen LogP) is 11.2. The molecule has 0 bridgehead atoms. The van der Waals surface area contributed by atoms with Gasteiger partial charge in [-0.25, -0.2) is 0 Å². The molecule has 1 nitrogen and oxygen atoms in total.